The predicted molar refractivity (Wildman–Crippen MR) is 116 cm³/mol. The van der Waals surface area contributed by atoms with Gasteiger partial charge in [0.2, 0.25) is 0 Å². The van der Waals surface area contributed by atoms with Gasteiger partial charge >= 0.3 is 0 Å². The number of anilines is 1. The van der Waals surface area contributed by atoms with Gasteiger partial charge in [-0.05, 0) is 48.2 Å². The van der Waals surface area contributed by atoms with Gasteiger partial charge in [-0.15, -0.1) is 11.3 Å². The Kier molecular flexibility index (Phi) is 5.90. The fraction of sp³-hybridized carbons (Fsp3) is 0.130. The smallest absolute Gasteiger partial charge is 0.266 e. The van der Waals surface area contributed by atoms with Crippen LogP contribution in [0.1, 0.15) is 26.4 Å². The number of nitrogens with one attached hydrogen (secondary N) is 1. The Morgan fingerprint density at radius 2 is 1.87 bits per heavy atom. The van der Waals surface area contributed by atoms with Crippen LogP contribution in [0.3, 0.4) is 0 Å². The molecule has 2 heterocycles. The van der Waals surface area contributed by atoms with Crippen LogP contribution in [0.25, 0.3) is 0 Å². The average molecular weight is 421 g/mol. The molecule has 4 rings (SSSR count). The highest BCUT2D eigenvalue weighted by Gasteiger charge is 2.12. The van der Waals surface area contributed by atoms with Crippen molar-refractivity contribution < 1.29 is 13.9 Å². The van der Waals surface area contributed by atoms with Gasteiger partial charge in [0, 0.05) is 17.8 Å². The first-order chi connectivity index (χ1) is 14.5. The lowest BCUT2D eigenvalue weighted by molar-refractivity contribution is 0.103. The number of carbonyl (C=O) groups excluding carboxylic acids is 1. The molecule has 0 aliphatic rings. The maximum atomic E-state index is 12.9. The Morgan fingerprint density at radius 3 is 2.63 bits per heavy atom. The van der Waals surface area contributed by atoms with Crippen LogP contribution in [0.15, 0.2) is 72.2 Å². The SMILES string of the molecule is Cc1ccc(Cn2ccc(NC(=O)c3cc(COc4ccc(F)cc4)cs3)n2)cc1. The van der Waals surface area contributed by atoms with Crippen LogP contribution in [-0.2, 0) is 13.2 Å². The summed E-state index contributed by atoms with van der Waals surface area (Å²) < 4.78 is 20.3. The van der Waals surface area contributed by atoms with E-state index in [1.165, 1.54) is 29.0 Å². The zero-order valence-corrected chi connectivity index (χ0v) is 17.2. The molecule has 0 saturated carbocycles. The van der Waals surface area contributed by atoms with E-state index in [-0.39, 0.29) is 11.7 Å². The molecule has 2 aromatic heterocycles. The second kappa shape index (κ2) is 8.92. The molecule has 0 atom stereocenters. The molecule has 7 heteroatoms. The molecule has 0 saturated heterocycles. The summed E-state index contributed by atoms with van der Waals surface area (Å²) in [6.07, 6.45) is 1.84. The summed E-state index contributed by atoms with van der Waals surface area (Å²) in [6.45, 7) is 3.00. The number of aryl methyl sites for hydroxylation is 1. The predicted octanol–water partition coefficient (Wildman–Crippen LogP) is 5.27. The number of hydrogen-bond donors (Lipinski definition) is 1. The molecule has 0 bridgehead atoms. The lowest BCUT2D eigenvalue weighted by atomic mass is 10.1. The topological polar surface area (TPSA) is 56.2 Å². The van der Waals surface area contributed by atoms with Crippen LogP contribution in [0.5, 0.6) is 5.75 Å². The minimum absolute atomic E-state index is 0.214. The molecule has 152 valence electrons. The summed E-state index contributed by atoms with van der Waals surface area (Å²) >= 11 is 1.34. The van der Waals surface area contributed by atoms with Crippen LogP contribution in [0.4, 0.5) is 10.2 Å². The van der Waals surface area contributed by atoms with Crippen molar-refractivity contribution in [2.24, 2.45) is 0 Å². The summed E-state index contributed by atoms with van der Waals surface area (Å²) in [7, 11) is 0. The first-order valence-corrected chi connectivity index (χ1v) is 10.3. The van der Waals surface area contributed by atoms with Crippen LogP contribution < -0.4 is 10.1 Å². The monoisotopic (exact) mass is 421 g/mol. The maximum Gasteiger partial charge on any atom is 0.266 e. The third-order valence-electron chi connectivity index (χ3n) is 4.44. The fourth-order valence-electron chi connectivity index (χ4n) is 2.84. The van der Waals surface area contributed by atoms with E-state index in [0.29, 0.717) is 29.6 Å². The van der Waals surface area contributed by atoms with E-state index in [4.69, 9.17) is 4.74 Å². The third kappa shape index (κ3) is 5.12. The number of halogens is 1. The van der Waals surface area contributed by atoms with Crippen molar-refractivity contribution in [1.29, 1.82) is 0 Å². The molecular weight excluding hydrogens is 401 g/mol. The molecule has 0 fully saturated rings. The van der Waals surface area contributed by atoms with E-state index >= 15 is 0 Å². The first kappa shape index (κ1) is 19.8. The number of benzene rings is 2. The zero-order chi connectivity index (χ0) is 20.9. The molecule has 2 aromatic carbocycles. The Labute approximate surface area is 177 Å². The molecule has 0 radical (unpaired) electrons. The molecule has 30 heavy (non-hydrogen) atoms. The molecule has 5 nitrogen and oxygen atoms in total. The molecule has 1 amide bonds. The molecule has 4 aromatic rings. The summed E-state index contributed by atoms with van der Waals surface area (Å²) in [4.78, 5) is 13.1. The van der Waals surface area contributed by atoms with E-state index in [2.05, 4.69) is 41.6 Å². The van der Waals surface area contributed by atoms with Crippen molar-refractivity contribution in [3.63, 3.8) is 0 Å². The second-order valence-electron chi connectivity index (χ2n) is 6.90. The standard InChI is InChI=1S/C23H20FN3O2S/c1-16-2-4-17(5-3-16)13-27-11-10-22(26-27)25-23(28)21-12-18(15-30-21)14-29-20-8-6-19(24)7-9-20/h2-12,15H,13-14H2,1H3,(H,25,26,28). The van der Waals surface area contributed by atoms with Gasteiger partial charge in [-0.2, -0.15) is 5.10 Å². The second-order valence-corrected chi connectivity index (χ2v) is 7.81. The number of nitrogens with zero attached hydrogens (tertiary/aromatic N) is 2. The number of rotatable bonds is 7. The van der Waals surface area contributed by atoms with Crippen LogP contribution >= 0.6 is 11.3 Å². The van der Waals surface area contributed by atoms with Crippen molar-refractivity contribution in [2.75, 3.05) is 5.32 Å². The van der Waals surface area contributed by atoms with Crippen LogP contribution in [0.2, 0.25) is 0 Å². The Balaban J connectivity index is 1.32. The number of carbonyl (C=O) groups is 1. The van der Waals surface area contributed by atoms with Gasteiger partial charge in [0.25, 0.3) is 5.91 Å². The van der Waals surface area contributed by atoms with E-state index in [0.717, 1.165) is 11.1 Å². The van der Waals surface area contributed by atoms with Gasteiger partial charge in [-0.3, -0.25) is 9.48 Å². The van der Waals surface area contributed by atoms with Gasteiger partial charge in [-0.25, -0.2) is 4.39 Å². The van der Waals surface area contributed by atoms with Gasteiger partial charge in [0.05, 0.1) is 11.4 Å². The molecule has 0 spiro atoms. The lowest BCUT2D eigenvalue weighted by Gasteiger charge is -2.04. The minimum Gasteiger partial charge on any atom is -0.489 e. The lowest BCUT2D eigenvalue weighted by Crippen LogP contribution is -2.11. The largest absolute Gasteiger partial charge is 0.489 e. The summed E-state index contributed by atoms with van der Waals surface area (Å²) in [5.74, 6) is 0.559. The molecule has 0 aliphatic carbocycles. The number of thiophene rings is 1. The van der Waals surface area contributed by atoms with Gasteiger partial charge < -0.3 is 10.1 Å². The van der Waals surface area contributed by atoms with Crippen molar-refractivity contribution >= 4 is 23.1 Å². The molecule has 1 N–H and O–H groups in total. The maximum absolute atomic E-state index is 12.9. The van der Waals surface area contributed by atoms with Crippen LogP contribution in [0, 0.1) is 12.7 Å². The van der Waals surface area contributed by atoms with Gasteiger partial charge in [-0.1, -0.05) is 29.8 Å². The van der Waals surface area contributed by atoms with Crippen molar-refractivity contribution in [3.05, 3.63) is 99.6 Å². The van der Waals surface area contributed by atoms with E-state index in [1.807, 2.05) is 11.6 Å². The van der Waals surface area contributed by atoms with E-state index in [1.54, 1.807) is 28.9 Å². The summed E-state index contributed by atoms with van der Waals surface area (Å²) in [5.41, 5.74) is 3.23. The van der Waals surface area contributed by atoms with Crippen molar-refractivity contribution in [3.8, 4) is 5.75 Å². The number of aromatic nitrogens is 2. The van der Waals surface area contributed by atoms with Gasteiger partial charge in [0.15, 0.2) is 5.82 Å². The Morgan fingerprint density at radius 1 is 1.10 bits per heavy atom. The Bertz CT molecular complexity index is 1130. The van der Waals surface area contributed by atoms with Crippen molar-refractivity contribution in [2.45, 2.75) is 20.1 Å². The highest BCUT2D eigenvalue weighted by molar-refractivity contribution is 7.12. The van der Waals surface area contributed by atoms with Gasteiger partial charge in [0.1, 0.15) is 18.2 Å². The Hall–Kier alpha value is -3.45. The molecular formula is C23H20FN3O2S. The summed E-state index contributed by atoms with van der Waals surface area (Å²) in [6, 6.07) is 17.7. The van der Waals surface area contributed by atoms with E-state index in [9.17, 15) is 9.18 Å². The van der Waals surface area contributed by atoms with E-state index < -0.39 is 0 Å². The number of hydrogen-bond acceptors (Lipinski definition) is 4. The fourth-order valence-corrected chi connectivity index (χ4v) is 3.63. The first-order valence-electron chi connectivity index (χ1n) is 9.41. The van der Waals surface area contributed by atoms with Crippen LogP contribution in [-0.4, -0.2) is 15.7 Å². The highest BCUT2D eigenvalue weighted by Crippen LogP contribution is 2.19. The number of ether oxygens (including phenoxy) is 1. The minimum atomic E-state index is -0.307. The zero-order valence-electron chi connectivity index (χ0n) is 16.3. The average Bonchev–Trinajstić information content (AvgIpc) is 3.39. The normalized spacial score (nSPS) is 10.7. The molecule has 0 unspecified atom stereocenters. The summed E-state index contributed by atoms with van der Waals surface area (Å²) in [5, 5.41) is 9.11. The van der Waals surface area contributed by atoms with Crippen molar-refractivity contribution in [1.82, 2.24) is 9.78 Å². The molecule has 0 aliphatic heterocycles. The third-order valence-corrected chi connectivity index (χ3v) is 5.42. The quantitative estimate of drug-likeness (QED) is 0.442. The highest BCUT2D eigenvalue weighted by atomic mass is 32.1. The number of amides is 1.